The smallest absolute Gasteiger partial charge is 0.310 e. The number of benzene rings is 1. The lowest BCUT2D eigenvalue weighted by molar-refractivity contribution is -0.145. The van der Waals surface area contributed by atoms with Gasteiger partial charge < -0.3 is 25.3 Å². The lowest BCUT2D eigenvalue weighted by Gasteiger charge is -2.18. The van der Waals surface area contributed by atoms with E-state index in [1.807, 2.05) is 31.2 Å². The van der Waals surface area contributed by atoms with Crippen LogP contribution in [-0.2, 0) is 25.5 Å². The zero-order valence-electron chi connectivity index (χ0n) is 15.8. The van der Waals surface area contributed by atoms with Gasteiger partial charge in [-0.3, -0.25) is 9.59 Å². The van der Waals surface area contributed by atoms with Crippen LogP contribution in [0.2, 0.25) is 0 Å². The minimum Gasteiger partial charge on any atom is -0.494 e. The molecule has 1 saturated heterocycles. The van der Waals surface area contributed by atoms with Crippen molar-refractivity contribution in [1.82, 2.24) is 5.32 Å². The third-order valence-corrected chi connectivity index (χ3v) is 4.44. The van der Waals surface area contributed by atoms with Crippen LogP contribution < -0.4 is 15.8 Å². The number of carbonyl (C=O) groups is 2. The van der Waals surface area contributed by atoms with Crippen molar-refractivity contribution in [1.29, 1.82) is 0 Å². The summed E-state index contributed by atoms with van der Waals surface area (Å²) in [4.78, 5) is 24.3. The highest BCUT2D eigenvalue weighted by Gasteiger charge is 2.30. The van der Waals surface area contributed by atoms with Gasteiger partial charge >= 0.3 is 5.97 Å². The molecule has 3 N–H and O–H groups in total. The van der Waals surface area contributed by atoms with Crippen molar-refractivity contribution in [3.05, 3.63) is 29.8 Å². The lowest BCUT2D eigenvalue weighted by atomic mass is 9.99. The van der Waals surface area contributed by atoms with Crippen LogP contribution in [0.15, 0.2) is 24.3 Å². The first kappa shape index (κ1) is 23.2. The molecule has 0 saturated carbocycles. The summed E-state index contributed by atoms with van der Waals surface area (Å²) in [6, 6.07) is 7.56. The number of methoxy groups -OCH3 is 1. The Morgan fingerprint density at radius 1 is 1.30 bits per heavy atom. The Labute approximate surface area is 166 Å². The van der Waals surface area contributed by atoms with Crippen LogP contribution in [0.4, 0.5) is 0 Å². The maximum atomic E-state index is 12.2. The van der Waals surface area contributed by atoms with Crippen molar-refractivity contribution in [3.8, 4) is 5.75 Å². The van der Waals surface area contributed by atoms with Gasteiger partial charge in [-0.25, -0.2) is 0 Å². The molecule has 0 spiro atoms. The van der Waals surface area contributed by atoms with Gasteiger partial charge in [0.05, 0.1) is 25.7 Å². The maximum Gasteiger partial charge on any atom is 0.310 e. The Hall–Kier alpha value is -1.83. The van der Waals surface area contributed by atoms with E-state index in [1.54, 1.807) is 0 Å². The predicted molar refractivity (Wildman–Crippen MR) is 104 cm³/mol. The van der Waals surface area contributed by atoms with Gasteiger partial charge in [0.25, 0.3) is 0 Å². The van der Waals surface area contributed by atoms with E-state index in [0.29, 0.717) is 26.0 Å². The number of halogens is 1. The lowest BCUT2D eigenvalue weighted by Crippen LogP contribution is -2.40. The number of hydrogen-bond acceptors (Lipinski definition) is 6. The molecule has 7 nitrogen and oxygen atoms in total. The number of esters is 1. The first-order chi connectivity index (χ1) is 12.6. The second kappa shape index (κ2) is 11.8. The highest BCUT2D eigenvalue weighted by atomic mass is 35.5. The molecule has 1 unspecified atom stereocenters. The van der Waals surface area contributed by atoms with Crippen LogP contribution in [0.25, 0.3) is 0 Å². The number of carbonyl (C=O) groups excluding carboxylic acids is 2. The van der Waals surface area contributed by atoms with Gasteiger partial charge in [-0.15, -0.1) is 12.4 Å². The number of amides is 1. The molecule has 1 aliphatic rings. The van der Waals surface area contributed by atoms with Crippen molar-refractivity contribution < 1.29 is 23.8 Å². The summed E-state index contributed by atoms with van der Waals surface area (Å²) >= 11 is 0. The van der Waals surface area contributed by atoms with Crippen molar-refractivity contribution >= 4 is 24.3 Å². The van der Waals surface area contributed by atoms with E-state index in [2.05, 4.69) is 5.32 Å². The molecule has 27 heavy (non-hydrogen) atoms. The fraction of sp³-hybridized carbons (Fsp3) is 0.579. The highest BCUT2D eigenvalue weighted by molar-refractivity contribution is 5.85. The third kappa shape index (κ3) is 7.01. The monoisotopic (exact) mass is 400 g/mol. The molecular weight excluding hydrogens is 372 g/mol. The number of hydrogen-bond donors (Lipinski definition) is 2. The molecule has 1 aromatic rings. The largest absolute Gasteiger partial charge is 0.494 e. The van der Waals surface area contributed by atoms with E-state index in [1.165, 1.54) is 7.11 Å². The van der Waals surface area contributed by atoms with Crippen LogP contribution >= 0.6 is 12.4 Å². The van der Waals surface area contributed by atoms with Gasteiger partial charge in [-0.1, -0.05) is 12.1 Å². The van der Waals surface area contributed by atoms with Crippen molar-refractivity contribution in [3.63, 3.8) is 0 Å². The van der Waals surface area contributed by atoms with E-state index < -0.39 is 12.0 Å². The van der Waals surface area contributed by atoms with Crippen molar-refractivity contribution in [2.75, 3.05) is 26.8 Å². The number of nitrogens with two attached hydrogens (primary N) is 1. The molecule has 3 atom stereocenters. The third-order valence-electron chi connectivity index (χ3n) is 4.44. The normalized spacial score (nSPS) is 19.7. The van der Waals surface area contributed by atoms with Gasteiger partial charge in [-0.2, -0.15) is 0 Å². The fourth-order valence-corrected chi connectivity index (χ4v) is 2.99. The average Bonchev–Trinajstić information content (AvgIpc) is 3.15. The Bertz CT molecular complexity index is 596. The molecule has 1 amide bonds. The van der Waals surface area contributed by atoms with Gasteiger partial charge in [-0.05, 0) is 43.9 Å². The molecular formula is C19H29ClN2O5. The van der Waals surface area contributed by atoms with E-state index in [4.69, 9.17) is 19.9 Å². The Morgan fingerprint density at radius 2 is 2.00 bits per heavy atom. The molecule has 1 fully saturated rings. The minimum atomic E-state index is -0.493. The van der Waals surface area contributed by atoms with E-state index in [9.17, 15) is 9.59 Å². The first-order valence-corrected chi connectivity index (χ1v) is 9.00. The second-order valence-electron chi connectivity index (χ2n) is 6.31. The van der Waals surface area contributed by atoms with Crippen LogP contribution in [0.5, 0.6) is 5.75 Å². The zero-order valence-corrected chi connectivity index (χ0v) is 16.6. The summed E-state index contributed by atoms with van der Waals surface area (Å²) < 4.78 is 15.9. The molecule has 0 aromatic heterocycles. The molecule has 1 aliphatic heterocycles. The number of rotatable bonds is 9. The SMILES string of the molecule is CCOc1ccc(CC(CNC(=O)[C@@H]2CC[C@H](CN)O2)C(=O)OC)cc1.Cl. The van der Waals surface area contributed by atoms with Gasteiger partial charge in [0, 0.05) is 13.1 Å². The zero-order chi connectivity index (χ0) is 18.9. The summed E-state index contributed by atoms with van der Waals surface area (Å²) in [5.74, 6) is -0.242. The second-order valence-corrected chi connectivity index (χ2v) is 6.31. The van der Waals surface area contributed by atoms with Crippen molar-refractivity contribution in [2.24, 2.45) is 11.7 Å². The Balaban J connectivity index is 0.00000364. The molecule has 0 radical (unpaired) electrons. The standard InChI is InChI=1S/C19H28N2O5.ClH/c1-3-25-15-6-4-13(5-7-15)10-14(19(23)24-2)12-21-18(22)17-9-8-16(11-20)26-17;/h4-7,14,16-17H,3,8-12,20H2,1-2H3,(H,21,22);1H/t14?,16-,17+;/m1./s1. The number of nitrogens with one attached hydrogen (secondary N) is 1. The quantitative estimate of drug-likeness (QED) is 0.609. The maximum absolute atomic E-state index is 12.2. The van der Waals surface area contributed by atoms with Crippen LogP contribution in [0, 0.1) is 5.92 Å². The summed E-state index contributed by atoms with van der Waals surface area (Å²) in [5.41, 5.74) is 6.54. The topological polar surface area (TPSA) is 99.9 Å². The number of ether oxygens (including phenoxy) is 3. The summed E-state index contributed by atoms with van der Waals surface area (Å²) in [6.45, 7) is 3.14. The van der Waals surface area contributed by atoms with Gasteiger partial charge in [0.1, 0.15) is 11.9 Å². The predicted octanol–water partition coefficient (Wildman–Crippen LogP) is 1.46. The molecule has 0 aliphatic carbocycles. The van der Waals surface area contributed by atoms with Crippen LogP contribution in [0.3, 0.4) is 0 Å². The van der Waals surface area contributed by atoms with Crippen LogP contribution in [0.1, 0.15) is 25.3 Å². The van der Waals surface area contributed by atoms with E-state index in [0.717, 1.165) is 17.7 Å². The molecule has 152 valence electrons. The van der Waals surface area contributed by atoms with E-state index >= 15 is 0 Å². The van der Waals surface area contributed by atoms with E-state index in [-0.39, 0.29) is 36.9 Å². The average molecular weight is 401 g/mol. The highest BCUT2D eigenvalue weighted by Crippen LogP contribution is 2.19. The molecule has 1 heterocycles. The summed E-state index contributed by atoms with van der Waals surface area (Å²) in [5, 5.41) is 2.81. The molecule has 1 aromatic carbocycles. The first-order valence-electron chi connectivity index (χ1n) is 9.00. The van der Waals surface area contributed by atoms with Crippen molar-refractivity contribution in [2.45, 2.75) is 38.4 Å². The molecule has 8 heteroatoms. The Morgan fingerprint density at radius 3 is 2.56 bits per heavy atom. The Kier molecular flexibility index (Phi) is 10.1. The molecule has 2 rings (SSSR count). The summed E-state index contributed by atoms with van der Waals surface area (Å²) in [7, 11) is 1.35. The van der Waals surface area contributed by atoms with Gasteiger partial charge in [0.2, 0.25) is 5.91 Å². The van der Waals surface area contributed by atoms with Gasteiger partial charge in [0.15, 0.2) is 0 Å². The van der Waals surface area contributed by atoms with Crippen LogP contribution in [-0.4, -0.2) is 50.9 Å². The summed E-state index contributed by atoms with van der Waals surface area (Å²) in [6.07, 6.45) is 1.34. The molecule has 0 bridgehead atoms. The fourth-order valence-electron chi connectivity index (χ4n) is 2.99. The minimum absolute atomic E-state index is 0.